The van der Waals surface area contributed by atoms with Crippen molar-refractivity contribution < 1.29 is 4.79 Å². The minimum absolute atomic E-state index is 0.360. The van der Waals surface area contributed by atoms with Gasteiger partial charge in [-0.1, -0.05) is 0 Å². The van der Waals surface area contributed by atoms with E-state index < -0.39 is 5.91 Å². The molecule has 0 unspecified atom stereocenters. The molecule has 17 heavy (non-hydrogen) atoms. The first-order chi connectivity index (χ1) is 7.99. The first-order valence-electron chi connectivity index (χ1n) is 5.08. The summed E-state index contributed by atoms with van der Waals surface area (Å²) in [7, 11) is 0. The fourth-order valence-corrected chi connectivity index (χ4v) is 1.77. The van der Waals surface area contributed by atoms with Gasteiger partial charge in [-0.2, -0.15) is 5.10 Å². The van der Waals surface area contributed by atoms with Gasteiger partial charge in [-0.15, -0.1) is 0 Å². The Hall–Kier alpha value is -2.37. The molecule has 2 aromatic rings. The van der Waals surface area contributed by atoms with Crippen molar-refractivity contribution in [1.29, 1.82) is 0 Å². The standard InChI is InChI=1S/C11H13N5O/c1-6-5-8(16-4-3-9(12)15-16)10(11(13)17)7(2)14-6/h3-5H,1-2H3,(H2,12,15)(H2,13,17). The molecule has 2 rings (SSSR count). The minimum atomic E-state index is -0.529. The summed E-state index contributed by atoms with van der Waals surface area (Å²) in [6.07, 6.45) is 1.68. The lowest BCUT2D eigenvalue weighted by Crippen LogP contribution is -2.18. The lowest BCUT2D eigenvalue weighted by atomic mass is 10.1. The molecule has 0 aliphatic heterocycles. The van der Waals surface area contributed by atoms with Crippen LogP contribution < -0.4 is 11.5 Å². The molecule has 0 fully saturated rings. The first kappa shape index (κ1) is 11.1. The van der Waals surface area contributed by atoms with Gasteiger partial charge in [-0.3, -0.25) is 9.78 Å². The molecule has 2 heterocycles. The van der Waals surface area contributed by atoms with Crippen LogP contribution in [0.15, 0.2) is 18.3 Å². The van der Waals surface area contributed by atoms with E-state index in [1.54, 1.807) is 25.3 Å². The third-order valence-corrected chi connectivity index (χ3v) is 2.41. The summed E-state index contributed by atoms with van der Waals surface area (Å²) in [5.41, 5.74) is 13.2. The fourth-order valence-electron chi connectivity index (χ4n) is 1.77. The van der Waals surface area contributed by atoms with Crippen molar-refractivity contribution >= 4 is 11.7 Å². The van der Waals surface area contributed by atoms with E-state index in [2.05, 4.69) is 10.1 Å². The summed E-state index contributed by atoms with van der Waals surface area (Å²) in [5, 5.41) is 4.07. The topological polar surface area (TPSA) is 99.8 Å². The Bertz CT molecular complexity index is 588. The molecule has 0 saturated heterocycles. The molecule has 0 bridgehead atoms. The molecule has 0 saturated carbocycles. The molecule has 88 valence electrons. The smallest absolute Gasteiger partial charge is 0.252 e. The molecule has 0 aromatic carbocycles. The van der Waals surface area contributed by atoms with Gasteiger partial charge in [0, 0.05) is 18.0 Å². The lowest BCUT2D eigenvalue weighted by molar-refractivity contribution is 0.0999. The predicted octanol–water partition coefficient (Wildman–Crippen LogP) is 0.565. The maximum absolute atomic E-state index is 11.4. The van der Waals surface area contributed by atoms with Crippen molar-refractivity contribution in [2.75, 3.05) is 5.73 Å². The third kappa shape index (κ3) is 1.96. The fraction of sp³-hybridized carbons (Fsp3) is 0.182. The number of aromatic nitrogens is 3. The Morgan fingerprint density at radius 2 is 2.12 bits per heavy atom. The Morgan fingerprint density at radius 1 is 1.41 bits per heavy atom. The zero-order valence-electron chi connectivity index (χ0n) is 9.64. The predicted molar refractivity (Wildman–Crippen MR) is 63.8 cm³/mol. The van der Waals surface area contributed by atoms with Gasteiger partial charge in [0.2, 0.25) is 0 Å². The van der Waals surface area contributed by atoms with Crippen molar-refractivity contribution in [2.24, 2.45) is 5.73 Å². The summed E-state index contributed by atoms with van der Waals surface area (Å²) < 4.78 is 1.52. The lowest BCUT2D eigenvalue weighted by Gasteiger charge is -2.10. The van der Waals surface area contributed by atoms with Crippen LogP contribution in [-0.2, 0) is 0 Å². The van der Waals surface area contributed by atoms with Crippen LogP contribution >= 0.6 is 0 Å². The Morgan fingerprint density at radius 3 is 2.65 bits per heavy atom. The number of primary amides is 1. The van der Waals surface area contributed by atoms with Crippen molar-refractivity contribution in [3.63, 3.8) is 0 Å². The average Bonchev–Trinajstić information content (AvgIpc) is 2.62. The van der Waals surface area contributed by atoms with Crippen molar-refractivity contribution in [2.45, 2.75) is 13.8 Å². The van der Waals surface area contributed by atoms with Crippen molar-refractivity contribution in [3.8, 4) is 5.69 Å². The van der Waals surface area contributed by atoms with Crippen LogP contribution in [0.25, 0.3) is 5.69 Å². The Kier molecular flexibility index (Phi) is 2.55. The van der Waals surface area contributed by atoms with Crippen LogP contribution in [0.1, 0.15) is 21.7 Å². The molecule has 0 aliphatic carbocycles. The zero-order chi connectivity index (χ0) is 12.6. The highest BCUT2D eigenvalue weighted by Crippen LogP contribution is 2.18. The number of anilines is 1. The molecule has 0 spiro atoms. The summed E-state index contributed by atoms with van der Waals surface area (Å²) in [6, 6.07) is 3.40. The molecule has 4 N–H and O–H groups in total. The molecule has 6 nitrogen and oxygen atoms in total. The Balaban J connectivity index is 2.71. The first-order valence-corrected chi connectivity index (χ1v) is 5.08. The van der Waals surface area contributed by atoms with Crippen molar-refractivity contribution in [1.82, 2.24) is 14.8 Å². The highest BCUT2D eigenvalue weighted by molar-refractivity contribution is 5.97. The second-order valence-corrected chi connectivity index (χ2v) is 3.79. The number of nitrogens with two attached hydrogens (primary N) is 2. The molecule has 0 aliphatic rings. The van der Waals surface area contributed by atoms with Gasteiger partial charge < -0.3 is 11.5 Å². The number of rotatable bonds is 2. The van der Waals surface area contributed by atoms with E-state index in [-0.39, 0.29) is 0 Å². The number of hydrogen-bond donors (Lipinski definition) is 2. The van der Waals surface area contributed by atoms with Crippen LogP contribution in [0.5, 0.6) is 0 Å². The number of pyridine rings is 1. The summed E-state index contributed by atoms with van der Waals surface area (Å²) in [4.78, 5) is 15.7. The van der Waals surface area contributed by atoms with Gasteiger partial charge in [0.1, 0.15) is 5.82 Å². The van der Waals surface area contributed by atoms with Gasteiger partial charge in [0.05, 0.1) is 16.9 Å². The van der Waals surface area contributed by atoms with E-state index >= 15 is 0 Å². The molecule has 0 atom stereocenters. The third-order valence-electron chi connectivity index (χ3n) is 2.41. The number of carbonyl (C=O) groups is 1. The number of amides is 1. The van der Waals surface area contributed by atoms with Crippen LogP contribution in [0.3, 0.4) is 0 Å². The normalized spacial score (nSPS) is 10.5. The van der Waals surface area contributed by atoms with E-state index in [9.17, 15) is 4.79 Å². The van der Waals surface area contributed by atoms with Crippen LogP contribution in [0, 0.1) is 13.8 Å². The monoisotopic (exact) mass is 231 g/mol. The maximum Gasteiger partial charge on any atom is 0.252 e. The molecular formula is C11H13N5O. The van der Waals surface area contributed by atoms with E-state index in [0.717, 1.165) is 5.69 Å². The Labute approximate surface area is 98.3 Å². The molecule has 1 amide bonds. The summed E-state index contributed by atoms with van der Waals surface area (Å²) in [5.74, 6) is -0.147. The van der Waals surface area contributed by atoms with Gasteiger partial charge in [0.15, 0.2) is 0 Å². The summed E-state index contributed by atoms with van der Waals surface area (Å²) in [6.45, 7) is 3.58. The maximum atomic E-state index is 11.4. The van der Waals surface area contributed by atoms with E-state index in [0.29, 0.717) is 22.8 Å². The average molecular weight is 231 g/mol. The molecule has 6 heteroatoms. The number of aryl methyl sites for hydroxylation is 2. The van der Waals surface area contributed by atoms with Gasteiger partial charge in [-0.05, 0) is 19.9 Å². The van der Waals surface area contributed by atoms with Crippen LogP contribution in [0.2, 0.25) is 0 Å². The SMILES string of the molecule is Cc1cc(-n2ccc(N)n2)c(C(N)=O)c(C)n1. The summed E-state index contributed by atoms with van der Waals surface area (Å²) >= 11 is 0. The molecular weight excluding hydrogens is 218 g/mol. The minimum Gasteiger partial charge on any atom is -0.382 e. The molecule has 2 aromatic heterocycles. The number of carbonyl (C=O) groups excluding carboxylic acids is 1. The second-order valence-electron chi connectivity index (χ2n) is 3.79. The quantitative estimate of drug-likeness (QED) is 0.788. The van der Waals surface area contributed by atoms with E-state index in [1.807, 2.05) is 6.92 Å². The number of nitrogens with zero attached hydrogens (tertiary/aromatic N) is 3. The van der Waals surface area contributed by atoms with Gasteiger partial charge >= 0.3 is 0 Å². The zero-order valence-corrected chi connectivity index (χ0v) is 9.64. The highest BCUT2D eigenvalue weighted by atomic mass is 16.1. The van der Waals surface area contributed by atoms with Crippen LogP contribution in [0.4, 0.5) is 5.82 Å². The highest BCUT2D eigenvalue weighted by Gasteiger charge is 2.15. The second kappa shape index (κ2) is 3.89. The number of hydrogen-bond acceptors (Lipinski definition) is 4. The van der Waals surface area contributed by atoms with Crippen LogP contribution in [-0.4, -0.2) is 20.7 Å². The number of nitrogen functional groups attached to an aromatic ring is 1. The van der Waals surface area contributed by atoms with Gasteiger partial charge in [-0.25, -0.2) is 4.68 Å². The van der Waals surface area contributed by atoms with Gasteiger partial charge in [0.25, 0.3) is 5.91 Å². The largest absolute Gasteiger partial charge is 0.382 e. The van der Waals surface area contributed by atoms with E-state index in [1.165, 1.54) is 4.68 Å². The molecule has 0 radical (unpaired) electrons. The van der Waals surface area contributed by atoms with Crippen molar-refractivity contribution in [3.05, 3.63) is 35.3 Å². The van der Waals surface area contributed by atoms with E-state index in [4.69, 9.17) is 11.5 Å².